The molecule has 0 atom stereocenters. The summed E-state index contributed by atoms with van der Waals surface area (Å²) in [5.74, 6) is 1.98. The third kappa shape index (κ3) is 4.90. The lowest BCUT2D eigenvalue weighted by Crippen LogP contribution is -2.43. The van der Waals surface area contributed by atoms with Gasteiger partial charge in [0.1, 0.15) is 5.75 Å². The predicted molar refractivity (Wildman–Crippen MR) is 135 cm³/mol. The van der Waals surface area contributed by atoms with Gasteiger partial charge >= 0.3 is 0 Å². The summed E-state index contributed by atoms with van der Waals surface area (Å²) in [6, 6.07) is 17.1. The van der Waals surface area contributed by atoms with Crippen molar-refractivity contribution < 1.29 is 23.8 Å². The molecule has 0 N–H and O–H groups in total. The van der Waals surface area contributed by atoms with Gasteiger partial charge in [0.15, 0.2) is 11.5 Å². The van der Waals surface area contributed by atoms with Gasteiger partial charge in [-0.3, -0.25) is 9.59 Å². The van der Waals surface area contributed by atoms with E-state index >= 15 is 0 Å². The number of fused-ring (bicyclic) bond motifs is 1. The number of ether oxygens (including phenoxy) is 3. The van der Waals surface area contributed by atoms with Crippen molar-refractivity contribution in [2.45, 2.75) is 19.4 Å². The Hall–Kier alpha value is -3.74. The standard InChI is InChI=1S/C28H32N2O5/c1-29(18-20-8-7-11-25(34-3)26(20)35-4)27(31)19-14-16-30(17-15-19)28(32)23-12-13-24(33-2)22-10-6-5-9-21(22)23/h5-13,19H,14-18H2,1-4H3. The molecule has 1 heterocycles. The number of hydrogen-bond acceptors (Lipinski definition) is 5. The van der Waals surface area contributed by atoms with Crippen LogP contribution < -0.4 is 14.2 Å². The molecule has 0 aliphatic carbocycles. The van der Waals surface area contributed by atoms with E-state index in [0.29, 0.717) is 49.5 Å². The molecule has 7 heteroatoms. The largest absolute Gasteiger partial charge is 0.496 e. The number of benzene rings is 3. The third-order valence-electron chi connectivity index (χ3n) is 6.73. The molecule has 0 unspecified atom stereocenters. The molecule has 0 radical (unpaired) electrons. The minimum atomic E-state index is -0.117. The molecule has 1 aliphatic rings. The van der Waals surface area contributed by atoms with Crippen LogP contribution in [-0.2, 0) is 11.3 Å². The van der Waals surface area contributed by atoms with Crippen LogP contribution in [-0.4, -0.2) is 63.1 Å². The quantitative estimate of drug-likeness (QED) is 0.506. The highest BCUT2D eigenvalue weighted by Crippen LogP contribution is 2.33. The van der Waals surface area contributed by atoms with Gasteiger partial charge in [-0.2, -0.15) is 0 Å². The zero-order valence-electron chi connectivity index (χ0n) is 20.7. The van der Waals surface area contributed by atoms with Crippen LogP contribution in [0, 0.1) is 5.92 Å². The smallest absolute Gasteiger partial charge is 0.254 e. The highest BCUT2D eigenvalue weighted by molar-refractivity contribution is 6.08. The van der Waals surface area contributed by atoms with Crippen molar-refractivity contribution >= 4 is 22.6 Å². The second-order valence-corrected chi connectivity index (χ2v) is 8.77. The van der Waals surface area contributed by atoms with Crippen molar-refractivity contribution in [1.82, 2.24) is 9.80 Å². The number of amides is 2. The number of hydrogen-bond donors (Lipinski definition) is 0. The van der Waals surface area contributed by atoms with Gasteiger partial charge in [-0.05, 0) is 36.4 Å². The molecule has 184 valence electrons. The molecule has 4 rings (SSSR count). The molecule has 0 saturated carbocycles. The minimum absolute atomic E-state index is 0.00998. The number of carbonyl (C=O) groups is 2. The molecule has 2 amide bonds. The molecule has 35 heavy (non-hydrogen) atoms. The Balaban J connectivity index is 1.41. The van der Waals surface area contributed by atoms with E-state index in [0.717, 1.165) is 22.1 Å². The van der Waals surface area contributed by atoms with Crippen molar-refractivity contribution in [3.05, 3.63) is 65.7 Å². The summed E-state index contributed by atoms with van der Waals surface area (Å²) in [5.41, 5.74) is 1.55. The molecule has 0 spiro atoms. The van der Waals surface area contributed by atoms with Crippen molar-refractivity contribution in [2.24, 2.45) is 5.92 Å². The van der Waals surface area contributed by atoms with Gasteiger partial charge in [-0.1, -0.05) is 36.4 Å². The first-order valence-electron chi connectivity index (χ1n) is 11.8. The van der Waals surface area contributed by atoms with Gasteiger partial charge in [0.05, 0.1) is 21.3 Å². The first kappa shape index (κ1) is 24.4. The Morgan fingerprint density at radius 2 is 1.54 bits per heavy atom. The van der Waals surface area contributed by atoms with E-state index < -0.39 is 0 Å². The minimum Gasteiger partial charge on any atom is -0.496 e. The average Bonchev–Trinajstić information content (AvgIpc) is 2.91. The van der Waals surface area contributed by atoms with Crippen LogP contribution in [0.2, 0.25) is 0 Å². The topological polar surface area (TPSA) is 68.3 Å². The summed E-state index contributed by atoms with van der Waals surface area (Å²) in [6.45, 7) is 1.52. The van der Waals surface area contributed by atoms with E-state index in [1.807, 2.05) is 66.5 Å². The Labute approximate surface area is 206 Å². The van der Waals surface area contributed by atoms with Gasteiger partial charge in [-0.15, -0.1) is 0 Å². The van der Waals surface area contributed by atoms with Crippen molar-refractivity contribution in [1.29, 1.82) is 0 Å². The summed E-state index contributed by atoms with van der Waals surface area (Å²) in [7, 11) is 6.64. The van der Waals surface area contributed by atoms with Gasteiger partial charge in [0.25, 0.3) is 5.91 Å². The van der Waals surface area contributed by atoms with Crippen molar-refractivity contribution in [2.75, 3.05) is 41.5 Å². The highest BCUT2D eigenvalue weighted by Gasteiger charge is 2.30. The fourth-order valence-electron chi connectivity index (χ4n) is 4.86. The predicted octanol–water partition coefficient (Wildman–Crippen LogP) is 4.38. The maximum atomic E-state index is 13.4. The number of para-hydroxylation sites is 1. The number of carbonyl (C=O) groups excluding carboxylic acids is 2. The molecule has 7 nitrogen and oxygen atoms in total. The second kappa shape index (κ2) is 10.7. The van der Waals surface area contributed by atoms with Crippen LogP contribution >= 0.6 is 0 Å². The van der Waals surface area contributed by atoms with Gasteiger partial charge in [0.2, 0.25) is 5.91 Å². The number of likely N-dealkylation sites (tertiary alicyclic amines) is 1. The van der Waals surface area contributed by atoms with Crippen LogP contribution in [0.4, 0.5) is 0 Å². The van der Waals surface area contributed by atoms with E-state index in [-0.39, 0.29) is 17.7 Å². The average molecular weight is 477 g/mol. The van der Waals surface area contributed by atoms with E-state index in [9.17, 15) is 9.59 Å². The second-order valence-electron chi connectivity index (χ2n) is 8.77. The van der Waals surface area contributed by atoms with Crippen LogP contribution in [0.5, 0.6) is 17.2 Å². The summed E-state index contributed by atoms with van der Waals surface area (Å²) in [4.78, 5) is 30.1. The number of rotatable bonds is 7. The van der Waals surface area contributed by atoms with Crippen LogP contribution in [0.1, 0.15) is 28.8 Å². The fraction of sp³-hybridized carbons (Fsp3) is 0.357. The maximum absolute atomic E-state index is 13.4. The van der Waals surface area contributed by atoms with Crippen LogP contribution in [0.3, 0.4) is 0 Å². The maximum Gasteiger partial charge on any atom is 0.254 e. The molecule has 1 aliphatic heterocycles. The molecular formula is C28H32N2O5. The summed E-state index contributed by atoms with van der Waals surface area (Å²) >= 11 is 0. The third-order valence-corrected chi connectivity index (χ3v) is 6.73. The SMILES string of the molecule is COc1cccc(CN(C)C(=O)C2CCN(C(=O)c3ccc(OC)c4ccccc34)CC2)c1OC. The van der Waals surface area contributed by atoms with Crippen LogP contribution in [0.15, 0.2) is 54.6 Å². The molecule has 0 bridgehead atoms. The normalized spacial score (nSPS) is 14.0. The van der Waals surface area contributed by atoms with E-state index in [1.54, 1.807) is 26.2 Å². The van der Waals surface area contributed by atoms with Crippen molar-refractivity contribution in [3.8, 4) is 17.2 Å². The zero-order chi connectivity index (χ0) is 24.9. The molecular weight excluding hydrogens is 444 g/mol. The van der Waals surface area contributed by atoms with E-state index in [2.05, 4.69) is 0 Å². The molecule has 1 fully saturated rings. The number of piperidine rings is 1. The Bertz CT molecular complexity index is 1220. The lowest BCUT2D eigenvalue weighted by molar-refractivity contribution is -0.136. The lowest BCUT2D eigenvalue weighted by atomic mass is 9.94. The molecule has 3 aromatic carbocycles. The van der Waals surface area contributed by atoms with Gasteiger partial charge in [0, 0.05) is 49.1 Å². The summed E-state index contributed by atoms with van der Waals surface area (Å²) < 4.78 is 16.3. The highest BCUT2D eigenvalue weighted by atomic mass is 16.5. The Morgan fingerprint density at radius 1 is 0.857 bits per heavy atom. The number of nitrogens with zero attached hydrogens (tertiary/aromatic N) is 2. The molecule has 1 saturated heterocycles. The summed E-state index contributed by atoms with van der Waals surface area (Å²) in [5, 5.41) is 1.79. The van der Waals surface area contributed by atoms with Crippen LogP contribution in [0.25, 0.3) is 10.8 Å². The summed E-state index contributed by atoms with van der Waals surface area (Å²) in [6.07, 6.45) is 1.27. The van der Waals surface area contributed by atoms with Crippen molar-refractivity contribution in [3.63, 3.8) is 0 Å². The Morgan fingerprint density at radius 3 is 2.20 bits per heavy atom. The fourth-order valence-corrected chi connectivity index (χ4v) is 4.86. The molecule has 3 aromatic rings. The zero-order valence-corrected chi connectivity index (χ0v) is 20.7. The van der Waals surface area contributed by atoms with E-state index in [1.165, 1.54) is 0 Å². The first-order chi connectivity index (χ1) is 17.0. The molecule has 0 aromatic heterocycles. The first-order valence-corrected chi connectivity index (χ1v) is 11.8. The monoisotopic (exact) mass is 476 g/mol. The van der Waals surface area contributed by atoms with Gasteiger partial charge < -0.3 is 24.0 Å². The Kier molecular flexibility index (Phi) is 7.44. The van der Waals surface area contributed by atoms with E-state index in [4.69, 9.17) is 14.2 Å². The van der Waals surface area contributed by atoms with Gasteiger partial charge in [-0.25, -0.2) is 0 Å². The lowest BCUT2D eigenvalue weighted by Gasteiger charge is -2.33. The number of methoxy groups -OCH3 is 3.